The Balaban J connectivity index is 0.000000136. The van der Waals surface area contributed by atoms with Crippen LogP contribution in [0.25, 0.3) is 0 Å². The number of carbonyl (C=O) groups excluding carboxylic acids is 3. The maximum Gasteiger partial charge on any atom is 0.319 e. The van der Waals surface area contributed by atoms with Crippen LogP contribution < -0.4 is 46.1 Å². The number of amides is 3. The SMILES string of the molecule is C=CC(=O)N1CCN(c2nc(OCN3CCCC3C)nc3c2CN(C2CCc4cc(F)c(N)cc42)C3)C[C@@H]1CC#N.C=CC(=O)N1CCN(c2nc(OCN3CCCC3C)nc3c2CN(C2CCc4cc(N)cc(F)c42)C3)C[C@@H]1CC#N.C=CC(=O)N1CCN(c2nc(OCN3CCCC3C)nc3c2CN(C2CCc4cc(N)ccc42)C3)C[C@@H]1CC#N. The number of aryl methyl sites for hydroxylation is 3. The van der Waals surface area contributed by atoms with Crippen LogP contribution in [0.4, 0.5) is 43.3 Å². The third kappa shape index (κ3) is 17.6. The minimum Gasteiger partial charge on any atom is -0.447 e. The number of nitrogen functional groups attached to an aromatic ring is 3. The second kappa shape index (κ2) is 36.9. The van der Waals surface area contributed by atoms with Crippen LogP contribution in [-0.2, 0) is 72.9 Å². The first-order chi connectivity index (χ1) is 59.2. The number of ether oxygens (including phenoxy) is 3. The molecule has 122 heavy (non-hydrogen) atoms. The van der Waals surface area contributed by atoms with Gasteiger partial charge in [0.1, 0.15) is 49.3 Å². The van der Waals surface area contributed by atoms with E-state index < -0.39 is 0 Å². The Bertz CT molecular complexity index is 5110. The monoisotopic (exact) mass is 1660 g/mol. The summed E-state index contributed by atoms with van der Waals surface area (Å²) >= 11 is 0. The van der Waals surface area contributed by atoms with Crippen LogP contribution >= 0.6 is 0 Å². The predicted octanol–water partition coefficient (Wildman–Crippen LogP) is 9.28. The number of aromatic nitrogens is 6. The molecule has 6 N–H and O–H groups in total. The van der Waals surface area contributed by atoms with Gasteiger partial charge in [0.2, 0.25) is 17.7 Å². The van der Waals surface area contributed by atoms with E-state index >= 15 is 4.39 Å². The van der Waals surface area contributed by atoms with E-state index in [1.807, 2.05) is 12.1 Å². The Labute approximate surface area is 712 Å². The topological polar surface area (TPSA) is 345 Å². The number of anilines is 6. The summed E-state index contributed by atoms with van der Waals surface area (Å²) in [6.45, 7) is 30.5. The number of hydrogen-bond acceptors (Lipinski definition) is 27. The van der Waals surface area contributed by atoms with Crippen molar-refractivity contribution in [1.82, 2.24) is 74.0 Å². The number of carbonyl (C=O) groups is 3. The van der Waals surface area contributed by atoms with Crippen molar-refractivity contribution in [3.63, 3.8) is 0 Å². The normalized spacial score (nSPS) is 24.4. The molecule has 18 rings (SSSR count). The van der Waals surface area contributed by atoms with E-state index in [4.69, 9.17) is 61.3 Å². The van der Waals surface area contributed by atoms with Gasteiger partial charge in [0, 0.05) is 188 Å². The Morgan fingerprint density at radius 3 is 1.22 bits per heavy atom. The summed E-state index contributed by atoms with van der Waals surface area (Å²) in [5.74, 6) is 1.34. The van der Waals surface area contributed by atoms with Crippen molar-refractivity contribution in [1.29, 1.82) is 15.8 Å². The molecule has 6 saturated heterocycles. The first-order valence-electron chi connectivity index (χ1n) is 43.4. The van der Waals surface area contributed by atoms with Gasteiger partial charge in [0.05, 0.1) is 78.4 Å². The molecule has 9 atom stereocenters. The molecule has 3 amide bonds. The molecule has 3 aliphatic carbocycles. The fourth-order valence-electron chi connectivity index (χ4n) is 20.6. The van der Waals surface area contributed by atoms with Gasteiger partial charge in [0.15, 0.2) is 0 Å². The van der Waals surface area contributed by atoms with E-state index in [1.165, 1.54) is 48.3 Å². The van der Waals surface area contributed by atoms with Gasteiger partial charge in [-0.2, -0.15) is 45.7 Å². The second-order valence-corrected chi connectivity index (χ2v) is 34.6. The van der Waals surface area contributed by atoms with Crippen LogP contribution in [0.15, 0.2) is 80.4 Å². The second-order valence-electron chi connectivity index (χ2n) is 34.6. The molecule has 12 heterocycles. The van der Waals surface area contributed by atoms with Crippen LogP contribution in [0.3, 0.4) is 0 Å². The lowest BCUT2D eigenvalue weighted by Crippen LogP contribution is -2.55. The standard InChI is InChI=1S/2C30H37FN8O2.C30H38N8O2/c1-3-27(40)39-12-11-36(15-22(39)8-9-32)29-23-16-38(26-7-6-20-13-21(33)14-24(31)28(20)26)17-25(23)34-30(35-29)41-18-37-10-4-5-19(37)2;1-3-28(40)39-12-11-36(15-21(39)8-9-32)29-23-16-38(27-7-6-20-13-24(31)25(33)14-22(20)27)17-26(23)34-30(35-29)41-18-37-10-4-5-19(37)2;1-3-28(39)38-14-13-35(16-23(38)10-11-31)29-25-17-37(27-9-6-21-15-22(32)7-8-24(21)27)18-26(25)33-30(34-29)40-19-36-12-4-5-20(36)2/h3,13-14,19,22,26H,1,4-8,10-12,15-18,33H2,2H3;3,13-14,19,21,27H,1,4-8,10-12,15-18,33H2,2H3;3,7-8,15,20,23,27H,1,4-6,9-10,12-14,16-19,32H2,2H3/t19?,22-,26?;19?,21-,27?;20?,23-,27?/m000/s1. The largest absolute Gasteiger partial charge is 0.447 e. The lowest BCUT2D eigenvalue weighted by atomic mass is 10.1. The Hall–Kier alpha value is -11.2. The van der Waals surface area contributed by atoms with Crippen molar-refractivity contribution in [3.8, 4) is 36.2 Å². The summed E-state index contributed by atoms with van der Waals surface area (Å²) in [5, 5.41) is 28.5. The van der Waals surface area contributed by atoms with E-state index in [0.29, 0.717) is 153 Å². The highest BCUT2D eigenvalue weighted by Gasteiger charge is 2.44. The number of nitrogens with zero attached hydrogens (tertiary/aromatic N) is 21. The van der Waals surface area contributed by atoms with Crippen LogP contribution in [0.5, 0.6) is 18.0 Å². The molecular formula is C90H112F2N24O6. The first-order valence-corrected chi connectivity index (χ1v) is 43.4. The number of hydrogen-bond donors (Lipinski definition) is 3. The number of likely N-dealkylation sites (tertiary alicyclic amines) is 3. The van der Waals surface area contributed by atoms with Gasteiger partial charge < -0.3 is 60.8 Å². The zero-order valence-corrected chi connectivity index (χ0v) is 70.4. The molecule has 3 aromatic heterocycles. The van der Waals surface area contributed by atoms with Crippen molar-refractivity contribution in [2.24, 2.45) is 0 Å². The smallest absolute Gasteiger partial charge is 0.319 e. The molecule has 6 unspecified atom stereocenters. The number of piperazine rings is 3. The Morgan fingerprint density at radius 1 is 0.451 bits per heavy atom. The molecule has 12 aliphatic rings. The van der Waals surface area contributed by atoms with E-state index in [9.17, 15) is 34.6 Å². The molecule has 6 aromatic rings. The molecule has 6 fully saturated rings. The number of nitriles is 3. The summed E-state index contributed by atoms with van der Waals surface area (Å²) in [5.41, 5.74) is 31.8. The van der Waals surface area contributed by atoms with E-state index in [1.54, 1.807) is 26.8 Å². The fourth-order valence-corrected chi connectivity index (χ4v) is 20.6. The minimum absolute atomic E-state index is 0.0733. The Kier molecular flexibility index (Phi) is 25.5. The first kappa shape index (κ1) is 84.4. The van der Waals surface area contributed by atoms with Crippen molar-refractivity contribution in [2.75, 3.05) is 131 Å². The van der Waals surface area contributed by atoms with Gasteiger partial charge in [0.25, 0.3) is 0 Å². The highest BCUT2D eigenvalue weighted by molar-refractivity contribution is 5.88. The molecule has 0 spiro atoms. The summed E-state index contributed by atoms with van der Waals surface area (Å²) < 4.78 is 47.8. The molecular weight excluding hydrogens is 1550 g/mol. The van der Waals surface area contributed by atoms with E-state index in [0.717, 1.165) is 176 Å². The van der Waals surface area contributed by atoms with Crippen molar-refractivity contribution in [2.45, 2.75) is 211 Å². The number of fused-ring (bicyclic) bond motifs is 6. The van der Waals surface area contributed by atoms with Gasteiger partial charge in [-0.3, -0.25) is 43.8 Å². The van der Waals surface area contributed by atoms with Crippen LogP contribution in [0, 0.1) is 45.6 Å². The molecule has 3 aromatic carbocycles. The van der Waals surface area contributed by atoms with Gasteiger partial charge in [-0.25, -0.2) is 8.78 Å². The number of halogens is 2. The summed E-state index contributed by atoms with van der Waals surface area (Å²) in [7, 11) is 0. The van der Waals surface area contributed by atoms with E-state index in [2.05, 4.69) is 115 Å². The number of benzene rings is 3. The minimum atomic E-state index is -0.364. The zero-order valence-electron chi connectivity index (χ0n) is 70.4. The summed E-state index contributed by atoms with van der Waals surface area (Å²) in [4.78, 5) is 92.7. The Morgan fingerprint density at radius 2 is 0.828 bits per heavy atom. The summed E-state index contributed by atoms with van der Waals surface area (Å²) in [6, 6.07) is 21.7. The average molecular weight is 1660 g/mol. The molecule has 0 saturated carbocycles. The molecule has 30 nitrogen and oxygen atoms in total. The molecule has 0 bridgehead atoms. The zero-order chi connectivity index (χ0) is 85.1. The average Bonchev–Trinajstić information content (AvgIpc) is 1.62. The van der Waals surface area contributed by atoms with Gasteiger partial charge >= 0.3 is 18.0 Å². The fraction of sp³-hybridized carbons (Fsp3) is 0.533. The van der Waals surface area contributed by atoms with Crippen LogP contribution in [0.1, 0.15) is 183 Å². The summed E-state index contributed by atoms with van der Waals surface area (Å²) in [6.07, 6.45) is 17.0. The maximum atomic E-state index is 15.1. The van der Waals surface area contributed by atoms with E-state index in [-0.39, 0.29) is 84.5 Å². The third-order valence-electron chi connectivity index (χ3n) is 27.2. The van der Waals surface area contributed by atoms with Crippen molar-refractivity contribution in [3.05, 3.63) is 159 Å². The van der Waals surface area contributed by atoms with Crippen LogP contribution in [0.2, 0.25) is 0 Å². The molecule has 642 valence electrons. The lowest BCUT2D eigenvalue weighted by molar-refractivity contribution is -0.129. The molecule has 9 aliphatic heterocycles. The quantitative estimate of drug-likeness (QED) is 0.0446. The van der Waals surface area contributed by atoms with Crippen molar-refractivity contribution >= 4 is 52.2 Å². The molecule has 0 radical (unpaired) electrons. The lowest BCUT2D eigenvalue weighted by Gasteiger charge is -2.41. The third-order valence-corrected chi connectivity index (χ3v) is 27.2. The highest BCUT2D eigenvalue weighted by atomic mass is 19.1. The van der Waals surface area contributed by atoms with Gasteiger partial charge in [-0.1, -0.05) is 25.8 Å². The molecule has 32 heteroatoms. The van der Waals surface area contributed by atoms with Crippen molar-refractivity contribution < 1.29 is 37.4 Å². The number of rotatable bonds is 21. The highest BCUT2D eigenvalue weighted by Crippen LogP contribution is 2.48. The van der Waals surface area contributed by atoms with Gasteiger partial charge in [-0.15, -0.1) is 0 Å². The van der Waals surface area contributed by atoms with Crippen LogP contribution in [-0.4, -0.2) is 227 Å². The predicted molar refractivity (Wildman–Crippen MR) is 457 cm³/mol. The number of nitrogens with two attached hydrogens (primary N) is 3. The van der Waals surface area contributed by atoms with Gasteiger partial charge in [-0.05, 0) is 180 Å². The maximum absolute atomic E-state index is 15.1.